The number of nitrogens with zero attached hydrogens (tertiary/aromatic N) is 2. The van der Waals surface area contributed by atoms with E-state index < -0.39 is 0 Å². The number of hydrogen-bond donors (Lipinski definition) is 0. The number of benzene rings is 9. The second-order valence-electron chi connectivity index (χ2n) is 13.6. The Kier molecular flexibility index (Phi) is 7.81. The van der Waals surface area contributed by atoms with Gasteiger partial charge in [0.15, 0.2) is 5.58 Å². The third-order valence-electron chi connectivity index (χ3n) is 10.3. The van der Waals surface area contributed by atoms with Gasteiger partial charge in [-0.25, -0.2) is 4.98 Å². The molecule has 0 aliphatic heterocycles. The summed E-state index contributed by atoms with van der Waals surface area (Å²) in [6, 6.07) is 73.1. The molecule has 1 aromatic heterocycles. The first-order valence-electron chi connectivity index (χ1n) is 18.3. The Bertz CT molecular complexity index is 2920. The largest absolute Gasteiger partial charge is 0.435 e. The van der Waals surface area contributed by atoms with Crippen molar-refractivity contribution in [2.75, 3.05) is 4.90 Å². The third-order valence-corrected chi connectivity index (χ3v) is 10.3. The molecule has 0 spiro atoms. The topological polar surface area (TPSA) is 29.3 Å². The number of fused-ring (bicyclic) bond motifs is 4. The lowest BCUT2D eigenvalue weighted by Crippen LogP contribution is -2.11. The van der Waals surface area contributed by atoms with E-state index in [1.165, 1.54) is 33.0 Å². The number of rotatable bonds is 7. The zero-order valence-electron chi connectivity index (χ0n) is 29.4. The Balaban J connectivity index is 1.07. The van der Waals surface area contributed by atoms with E-state index in [2.05, 4.69) is 181 Å². The summed E-state index contributed by atoms with van der Waals surface area (Å²) in [4.78, 5) is 7.19. The van der Waals surface area contributed by atoms with Gasteiger partial charge in [0.05, 0.1) is 5.69 Å². The van der Waals surface area contributed by atoms with Crippen molar-refractivity contribution in [2.24, 2.45) is 0 Å². The zero-order valence-corrected chi connectivity index (χ0v) is 29.4. The van der Waals surface area contributed by atoms with E-state index in [9.17, 15) is 0 Å². The van der Waals surface area contributed by atoms with Crippen LogP contribution in [0.5, 0.6) is 0 Å². The van der Waals surface area contributed by atoms with Crippen LogP contribution in [0, 0.1) is 0 Å². The SMILES string of the molecule is c1ccc(-c2ccc(N(c3ccc4cc(-c5cccc6c5ccc5nc(-c7ccccc7)oc56)ccc4c3)c3ccccc3-c3ccccc3)cc2)cc1. The Morgan fingerprint density at radius 1 is 0.370 bits per heavy atom. The van der Waals surface area contributed by atoms with Crippen molar-refractivity contribution in [2.45, 2.75) is 0 Å². The molecule has 9 aromatic carbocycles. The number of oxazole rings is 1. The molecule has 0 amide bonds. The molecule has 10 aromatic rings. The maximum atomic E-state index is 6.39. The highest BCUT2D eigenvalue weighted by Crippen LogP contribution is 2.43. The fourth-order valence-electron chi connectivity index (χ4n) is 7.63. The van der Waals surface area contributed by atoms with Crippen molar-refractivity contribution in [1.29, 1.82) is 0 Å². The van der Waals surface area contributed by atoms with E-state index in [1.54, 1.807) is 0 Å². The summed E-state index contributed by atoms with van der Waals surface area (Å²) in [6.07, 6.45) is 0. The first kappa shape index (κ1) is 31.5. The molecule has 0 saturated heterocycles. The smallest absolute Gasteiger partial charge is 0.227 e. The van der Waals surface area contributed by atoms with Gasteiger partial charge in [0.2, 0.25) is 5.89 Å². The number of anilines is 3. The molecule has 3 heteroatoms. The Hall–Kier alpha value is -7.23. The highest BCUT2D eigenvalue weighted by atomic mass is 16.3. The van der Waals surface area contributed by atoms with E-state index in [1.807, 2.05) is 30.3 Å². The maximum Gasteiger partial charge on any atom is 0.227 e. The standard InChI is InChI=1S/C51H34N2O/c1-4-13-35(14-5-1)36-25-28-42(29-26-36)53(49-22-11-10-19-45(49)37-15-6-2-7-16-37)43-30-27-39-33-41(24-23-40(39)34-43)44-20-12-21-47-46(44)31-32-48-50(47)54-51(52-48)38-17-8-3-9-18-38/h1-34H. The van der Waals surface area contributed by atoms with E-state index in [0.717, 1.165) is 55.6 Å². The first-order valence-corrected chi connectivity index (χ1v) is 18.3. The molecule has 1 heterocycles. The van der Waals surface area contributed by atoms with Crippen LogP contribution in [-0.4, -0.2) is 4.98 Å². The van der Waals surface area contributed by atoms with Crippen LogP contribution < -0.4 is 4.90 Å². The van der Waals surface area contributed by atoms with Gasteiger partial charge in [-0.05, 0) is 98.6 Å². The molecule has 54 heavy (non-hydrogen) atoms. The first-order chi connectivity index (χ1) is 26.8. The van der Waals surface area contributed by atoms with Gasteiger partial charge in [-0.3, -0.25) is 0 Å². The normalized spacial score (nSPS) is 11.3. The summed E-state index contributed by atoms with van der Waals surface area (Å²) >= 11 is 0. The maximum absolute atomic E-state index is 6.39. The summed E-state index contributed by atoms with van der Waals surface area (Å²) in [6.45, 7) is 0. The van der Waals surface area contributed by atoms with Gasteiger partial charge in [-0.15, -0.1) is 0 Å². The van der Waals surface area contributed by atoms with Gasteiger partial charge in [0, 0.05) is 27.9 Å². The van der Waals surface area contributed by atoms with Crippen molar-refractivity contribution >= 4 is 49.7 Å². The van der Waals surface area contributed by atoms with Crippen LogP contribution in [0.1, 0.15) is 0 Å². The van der Waals surface area contributed by atoms with Crippen LogP contribution >= 0.6 is 0 Å². The summed E-state index contributed by atoms with van der Waals surface area (Å²) < 4.78 is 6.39. The van der Waals surface area contributed by atoms with Crippen molar-refractivity contribution in [3.63, 3.8) is 0 Å². The predicted octanol–water partition coefficient (Wildman–Crippen LogP) is 14.3. The van der Waals surface area contributed by atoms with Crippen LogP contribution in [-0.2, 0) is 0 Å². The molecule has 0 radical (unpaired) electrons. The van der Waals surface area contributed by atoms with Crippen molar-refractivity contribution in [1.82, 2.24) is 4.98 Å². The lowest BCUT2D eigenvalue weighted by Gasteiger charge is -2.28. The number of hydrogen-bond acceptors (Lipinski definition) is 3. The molecule has 0 atom stereocenters. The van der Waals surface area contributed by atoms with Crippen LogP contribution in [0.15, 0.2) is 211 Å². The summed E-state index contributed by atoms with van der Waals surface area (Å²) in [5.74, 6) is 0.637. The van der Waals surface area contributed by atoms with E-state index in [-0.39, 0.29) is 0 Å². The lowest BCUT2D eigenvalue weighted by molar-refractivity contribution is 0.623. The Morgan fingerprint density at radius 2 is 0.963 bits per heavy atom. The molecule has 3 nitrogen and oxygen atoms in total. The fraction of sp³-hybridized carbons (Fsp3) is 0. The van der Waals surface area contributed by atoms with Gasteiger partial charge in [0.1, 0.15) is 5.52 Å². The molecule has 0 N–H and O–H groups in total. The zero-order chi connectivity index (χ0) is 35.8. The predicted molar refractivity (Wildman–Crippen MR) is 225 cm³/mol. The van der Waals surface area contributed by atoms with Crippen molar-refractivity contribution in [3.05, 3.63) is 206 Å². The summed E-state index contributed by atoms with van der Waals surface area (Å²) in [7, 11) is 0. The summed E-state index contributed by atoms with van der Waals surface area (Å²) in [5.41, 5.74) is 13.0. The van der Waals surface area contributed by atoms with E-state index >= 15 is 0 Å². The quantitative estimate of drug-likeness (QED) is 0.167. The molecule has 0 aliphatic carbocycles. The molecule has 10 rings (SSSR count). The highest BCUT2D eigenvalue weighted by molar-refractivity contribution is 6.10. The molecule has 0 unspecified atom stereocenters. The van der Waals surface area contributed by atoms with Gasteiger partial charge < -0.3 is 9.32 Å². The molecule has 0 bridgehead atoms. The minimum Gasteiger partial charge on any atom is -0.435 e. The molecule has 0 aliphatic rings. The second kappa shape index (κ2) is 13.4. The molecular weight excluding hydrogens is 657 g/mol. The average molecular weight is 691 g/mol. The Morgan fingerprint density at radius 3 is 1.74 bits per heavy atom. The van der Waals surface area contributed by atoms with Gasteiger partial charge in [-0.1, -0.05) is 152 Å². The van der Waals surface area contributed by atoms with E-state index in [0.29, 0.717) is 5.89 Å². The van der Waals surface area contributed by atoms with Crippen LogP contribution in [0.4, 0.5) is 17.1 Å². The van der Waals surface area contributed by atoms with E-state index in [4.69, 9.17) is 9.40 Å². The minimum atomic E-state index is 0.637. The molecule has 254 valence electrons. The van der Waals surface area contributed by atoms with Gasteiger partial charge in [0.25, 0.3) is 0 Å². The second-order valence-corrected chi connectivity index (χ2v) is 13.6. The van der Waals surface area contributed by atoms with Crippen molar-refractivity contribution < 1.29 is 4.42 Å². The number of aromatic nitrogens is 1. The van der Waals surface area contributed by atoms with Crippen molar-refractivity contribution in [3.8, 4) is 44.8 Å². The third kappa shape index (κ3) is 5.69. The molecular formula is C51H34N2O. The molecule has 0 saturated carbocycles. The fourth-order valence-corrected chi connectivity index (χ4v) is 7.63. The summed E-state index contributed by atoms with van der Waals surface area (Å²) in [5, 5.41) is 4.54. The van der Waals surface area contributed by atoms with Gasteiger partial charge >= 0.3 is 0 Å². The van der Waals surface area contributed by atoms with Crippen LogP contribution in [0.25, 0.3) is 77.5 Å². The van der Waals surface area contributed by atoms with Crippen LogP contribution in [0.3, 0.4) is 0 Å². The number of para-hydroxylation sites is 1. The monoisotopic (exact) mass is 690 g/mol. The highest BCUT2D eigenvalue weighted by Gasteiger charge is 2.18. The lowest BCUT2D eigenvalue weighted by atomic mass is 9.95. The average Bonchev–Trinajstić information content (AvgIpc) is 3.70. The molecule has 0 fully saturated rings. The van der Waals surface area contributed by atoms with Crippen LogP contribution in [0.2, 0.25) is 0 Å². The Labute approximate surface area is 314 Å². The minimum absolute atomic E-state index is 0.637. The van der Waals surface area contributed by atoms with Gasteiger partial charge in [-0.2, -0.15) is 0 Å².